The molecule has 1 aromatic heterocycles. The molecular weight excluding hydrogens is 220 g/mol. The molecule has 0 unspecified atom stereocenters. The van der Waals surface area contributed by atoms with Gasteiger partial charge in [-0.3, -0.25) is 0 Å². The van der Waals surface area contributed by atoms with Gasteiger partial charge < -0.3 is 15.3 Å². The van der Waals surface area contributed by atoms with Gasteiger partial charge in [0.05, 0.1) is 5.69 Å². The normalized spacial score (nSPS) is 14.2. The minimum Gasteiger partial charge on any atom is -0.475 e. The Bertz CT molecular complexity index is 447. The van der Waals surface area contributed by atoms with Gasteiger partial charge in [-0.25, -0.2) is 14.8 Å². The zero-order valence-electron chi connectivity index (χ0n) is 10.0. The van der Waals surface area contributed by atoms with Crippen molar-refractivity contribution in [1.29, 1.82) is 0 Å². The van der Waals surface area contributed by atoms with Gasteiger partial charge in [-0.05, 0) is 6.92 Å². The number of aromatic carboxylic acids is 1. The van der Waals surface area contributed by atoms with Gasteiger partial charge in [-0.1, -0.05) is 0 Å². The van der Waals surface area contributed by atoms with Gasteiger partial charge in [0, 0.05) is 38.7 Å². The van der Waals surface area contributed by atoms with Crippen LogP contribution in [0.15, 0.2) is 0 Å². The summed E-state index contributed by atoms with van der Waals surface area (Å²) in [5.41, 5.74) is 1.87. The summed E-state index contributed by atoms with van der Waals surface area (Å²) < 4.78 is 0. The fraction of sp³-hybridized carbons (Fsp3) is 0.545. The number of fused-ring (bicyclic) bond motifs is 1. The van der Waals surface area contributed by atoms with E-state index in [1.807, 2.05) is 18.9 Å². The third-order valence-corrected chi connectivity index (χ3v) is 2.94. The lowest BCUT2D eigenvalue weighted by atomic mass is 10.1. The Kier molecular flexibility index (Phi) is 3.23. The molecule has 2 heterocycles. The minimum absolute atomic E-state index is 0.110. The van der Waals surface area contributed by atoms with Crippen molar-refractivity contribution in [3.8, 4) is 0 Å². The number of carboxylic acids is 1. The molecule has 1 aromatic rings. The molecule has 0 aromatic carbocycles. The summed E-state index contributed by atoms with van der Waals surface area (Å²) >= 11 is 0. The first-order valence-corrected chi connectivity index (χ1v) is 5.68. The van der Waals surface area contributed by atoms with Crippen molar-refractivity contribution in [3.05, 3.63) is 17.1 Å². The van der Waals surface area contributed by atoms with Crippen molar-refractivity contribution in [2.24, 2.45) is 0 Å². The summed E-state index contributed by atoms with van der Waals surface area (Å²) in [4.78, 5) is 21.2. The average Bonchev–Trinajstić information content (AvgIpc) is 2.36. The van der Waals surface area contributed by atoms with E-state index >= 15 is 0 Å². The number of hydrogen-bond acceptors (Lipinski definition) is 5. The predicted octanol–water partition coefficient (Wildman–Crippen LogP) is 0.277. The predicted molar refractivity (Wildman–Crippen MR) is 63.3 cm³/mol. The molecule has 92 valence electrons. The SMILES string of the molecule is CCN(C)c1nc(C(=O)O)nc2c1CNCC2. The van der Waals surface area contributed by atoms with Gasteiger partial charge in [-0.15, -0.1) is 0 Å². The Morgan fingerprint density at radius 3 is 2.94 bits per heavy atom. The molecule has 1 aliphatic heterocycles. The van der Waals surface area contributed by atoms with Gasteiger partial charge in [0.1, 0.15) is 5.82 Å². The maximum absolute atomic E-state index is 11.0. The van der Waals surface area contributed by atoms with Crippen LogP contribution in [0.2, 0.25) is 0 Å². The maximum atomic E-state index is 11.0. The zero-order chi connectivity index (χ0) is 12.4. The first-order valence-electron chi connectivity index (χ1n) is 5.68. The van der Waals surface area contributed by atoms with Crippen LogP contribution in [0, 0.1) is 0 Å². The van der Waals surface area contributed by atoms with Crippen LogP contribution in [0.3, 0.4) is 0 Å². The van der Waals surface area contributed by atoms with Crippen LogP contribution in [0.5, 0.6) is 0 Å². The van der Waals surface area contributed by atoms with E-state index in [9.17, 15) is 4.79 Å². The largest absolute Gasteiger partial charge is 0.475 e. The molecular formula is C11H16N4O2. The number of carboxylic acid groups (broad SMARTS) is 1. The number of nitrogens with one attached hydrogen (secondary N) is 1. The van der Waals surface area contributed by atoms with Gasteiger partial charge in [0.15, 0.2) is 0 Å². The number of rotatable bonds is 3. The summed E-state index contributed by atoms with van der Waals surface area (Å²) in [5.74, 6) is -0.458. The molecule has 2 N–H and O–H groups in total. The third-order valence-electron chi connectivity index (χ3n) is 2.94. The van der Waals surface area contributed by atoms with Gasteiger partial charge in [-0.2, -0.15) is 0 Å². The van der Waals surface area contributed by atoms with E-state index in [4.69, 9.17) is 5.11 Å². The van der Waals surface area contributed by atoms with Crippen molar-refractivity contribution in [2.75, 3.05) is 25.0 Å². The molecule has 2 rings (SSSR count). The molecule has 0 radical (unpaired) electrons. The Hall–Kier alpha value is -1.69. The molecule has 6 nitrogen and oxygen atoms in total. The molecule has 0 atom stereocenters. The fourth-order valence-electron chi connectivity index (χ4n) is 1.89. The summed E-state index contributed by atoms with van der Waals surface area (Å²) in [7, 11) is 1.91. The van der Waals surface area contributed by atoms with Crippen molar-refractivity contribution in [1.82, 2.24) is 15.3 Å². The van der Waals surface area contributed by atoms with Crippen LogP contribution in [0.1, 0.15) is 28.8 Å². The highest BCUT2D eigenvalue weighted by Crippen LogP contribution is 2.22. The topological polar surface area (TPSA) is 78.4 Å². The third kappa shape index (κ3) is 2.21. The smallest absolute Gasteiger partial charge is 0.374 e. The first-order chi connectivity index (χ1) is 8.13. The van der Waals surface area contributed by atoms with E-state index in [2.05, 4.69) is 15.3 Å². The summed E-state index contributed by atoms with van der Waals surface area (Å²) in [6, 6.07) is 0. The molecule has 0 aliphatic carbocycles. The standard InChI is InChI=1S/C11H16N4O2/c1-3-15(2)10-7-6-12-5-4-8(7)13-9(14-10)11(16)17/h12H,3-6H2,1-2H3,(H,16,17). The van der Waals surface area contributed by atoms with Crippen LogP contribution in [0.4, 0.5) is 5.82 Å². The zero-order valence-corrected chi connectivity index (χ0v) is 10.0. The van der Waals surface area contributed by atoms with Gasteiger partial charge in [0.25, 0.3) is 0 Å². The summed E-state index contributed by atoms with van der Waals surface area (Å²) in [5, 5.41) is 12.3. The number of aromatic nitrogens is 2. The molecule has 0 spiro atoms. The van der Waals surface area contributed by atoms with Crippen molar-refractivity contribution < 1.29 is 9.90 Å². The van der Waals surface area contributed by atoms with Crippen LogP contribution >= 0.6 is 0 Å². The molecule has 1 aliphatic rings. The van der Waals surface area contributed by atoms with E-state index in [1.54, 1.807) is 0 Å². The number of nitrogens with zero attached hydrogens (tertiary/aromatic N) is 3. The van der Waals surface area contributed by atoms with Crippen LogP contribution < -0.4 is 10.2 Å². The Morgan fingerprint density at radius 2 is 2.29 bits per heavy atom. The highest BCUT2D eigenvalue weighted by molar-refractivity contribution is 5.84. The number of carbonyl (C=O) groups is 1. The van der Waals surface area contributed by atoms with Gasteiger partial charge in [0.2, 0.25) is 5.82 Å². The molecule has 0 saturated heterocycles. The van der Waals surface area contributed by atoms with E-state index < -0.39 is 5.97 Å². The number of hydrogen-bond donors (Lipinski definition) is 2. The molecule has 0 bridgehead atoms. The van der Waals surface area contributed by atoms with E-state index in [0.717, 1.165) is 36.6 Å². The molecule has 0 fully saturated rings. The van der Waals surface area contributed by atoms with E-state index in [0.29, 0.717) is 6.54 Å². The Morgan fingerprint density at radius 1 is 1.53 bits per heavy atom. The Labute approximate surface area is 99.7 Å². The summed E-state index contributed by atoms with van der Waals surface area (Å²) in [6.07, 6.45) is 0.753. The first kappa shape index (κ1) is 11.8. The number of anilines is 1. The lowest BCUT2D eigenvalue weighted by Gasteiger charge is -2.24. The second-order valence-corrected chi connectivity index (χ2v) is 4.04. The molecule has 0 saturated carbocycles. The second kappa shape index (κ2) is 4.67. The fourth-order valence-corrected chi connectivity index (χ4v) is 1.89. The maximum Gasteiger partial charge on any atom is 0.374 e. The van der Waals surface area contributed by atoms with Crippen LogP contribution in [-0.4, -0.2) is 41.2 Å². The van der Waals surface area contributed by atoms with Crippen molar-refractivity contribution in [3.63, 3.8) is 0 Å². The van der Waals surface area contributed by atoms with Crippen LogP contribution in [0.25, 0.3) is 0 Å². The van der Waals surface area contributed by atoms with Crippen molar-refractivity contribution >= 4 is 11.8 Å². The monoisotopic (exact) mass is 236 g/mol. The Balaban J connectivity index is 2.54. The van der Waals surface area contributed by atoms with Gasteiger partial charge >= 0.3 is 5.97 Å². The highest BCUT2D eigenvalue weighted by atomic mass is 16.4. The molecule has 6 heteroatoms. The lowest BCUT2D eigenvalue weighted by molar-refractivity contribution is 0.0683. The van der Waals surface area contributed by atoms with Crippen molar-refractivity contribution in [2.45, 2.75) is 19.9 Å². The quantitative estimate of drug-likeness (QED) is 0.784. The van der Waals surface area contributed by atoms with E-state index in [1.165, 1.54) is 0 Å². The highest BCUT2D eigenvalue weighted by Gasteiger charge is 2.21. The van der Waals surface area contributed by atoms with Crippen LogP contribution in [-0.2, 0) is 13.0 Å². The molecule has 17 heavy (non-hydrogen) atoms. The van der Waals surface area contributed by atoms with E-state index in [-0.39, 0.29) is 5.82 Å². The molecule has 0 amide bonds. The average molecular weight is 236 g/mol. The minimum atomic E-state index is -1.07. The summed E-state index contributed by atoms with van der Waals surface area (Å²) in [6.45, 7) is 4.32. The lowest BCUT2D eigenvalue weighted by Crippen LogP contribution is -2.30. The second-order valence-electron chi connectivity index (χ2n) is 4.04.